The summed E-state index contributed by atoms with van der Waals surface area (Å²) in [6, 6.07) is 4.92. The monoisotopic (exact) mass is 247 g/mol. The van der Waals surface area contributed by atoms with E-state index in [0.29, 0.717) is 6.04 Å². The highest BCUT2D eigenvalue weighted by atomic mass is 32.1. The Labute approximate surface area is 105 Å². The normalized spacial score (nSPS) is 16.7. The van der Waals surface area contributed by atoms with Gasteiger partial charge in [-0.2, -0.15) is 5.10 Å². The second-order valence-corrected chi connectivity index (χ2v) is 5.56. The summed E-state index contributed by atoms with van der Waals surface area (Å²) in [7, 11) is 0. The van der Waals surface area contributed by atoms with Crippen LogP contribution < -0.4 is 5.32 Å². The molecule has 1 aliphatic rings. The summed E-state index contributed by atoms with van der Waals surface area (Å²) in [6.45, 7) is 0.925. The Morgan fingerprint density at radius 3 is 3.06 bits per heavy atom. The van der Waals surface area contributed by atoms with Crippen LogP contribution in [0.1, 0.15) is 31.2 Å². The van der Waals surface area contributed by atoms with E-state index in [1.807, 2.05) is 6.20 Å². The molecular formula is C13H17N3S. The zero-order chi connectivity index (χ0) is 11.5. The first kappa shape index (κ1) is 11.0. The highest BCUT2D eigenvalue weighted by Gasteiger charge is 2.15. The molecule has 0 spiro atoms. The molecule has 17 heavy (non-hydrogen) atoms. The highest BCUT2D eigenvalue weighted by Crippen LogP contribution is 2.26. The molecule has 0 unspecified atom stereocenters. The number of nitrogens with zero attached hydrogens (tertiary/aromatic N) is 1. The van der Waals surface area contributed by atoms with Crippen molar-refractivity contribution in [2.45, 2.75) is 38.3 Å². The zero-order valence-electron chi connectivity index (χ0n) is 9.78. The van der Waals surface area contributed by atoms with Gasteiger partial charge in [-0.25, -0.2) is 0 Å². The summed E-state index contributed by atoms with van der Waals surface area (Å²) in [5.41, 5.74) is 2.45. The molecule has 2 aromatic heterocycles. The zero-order valence-corrected chi connectivity index (χ0v) is 10.6. The molecule has 0 aromatic carbocycles. The maximum atomic E-state index is 4.16. The number of aromatic nitrogens is 2. The van der Waals surface area contributed by atoms with Gasteiger partial charge in [0, 0.05) is 18.2 Å². The molecule has 0 amide bonds. The van der Waals surface area contributed by atoms with Crippen LogP contribution >= 0.6 is 11.3 Å². The summed E-state index contributed by atoms with van der Waals surface area (Å²) >= 11 is 1.75. The van der Waals surface area contributed by atoms with E-state index in [1.54, 1.807) is 11.3 Å². The van der Waals surface area contributed by atoms with Gasteiger partial charge >= 0.3 is 0 Å². The first-order valence-corrected chi connectivity index (χ1v) is 7.11. The predicted octanol–water partition coefficient (Wildman–Crippen LogP) is 3.17. The fourth-order valence-corrected chi connectivity index (χ4v) is 3.22. The molecular weight excluding hydrogens is 230 g/mol. The van der Waals surface area contributed by atoms with E-state index in [1.165, 1.54) is 41.8 Å². The molecule has 4 heteroatoms. The van der Waals surface area contributed by atoms with Gasteiger partial charge in [0.1, 0.15) is 0 Å². The van der Waals surface area contributed by atoms with Crippen LogP contribution in [-0.4, -0.2) is 16.2 Å². The van der Waals surface area contributed by atoms with Crippen molar-refractivity contribution in [3.8, 4) is 10.6 Å². The minimum Gasteiger partial charge on any atom is -0.310 e. The average Bonchev–Trinajstić information content (AvgIpc) is 3.09. The van der Waals surface area contributed by atoms with Crippen LogP contribution in [0, 0.1) is 0 Å². The van der Waals surface area contributed by atoms with Gasteiger partial charge in [-0.3, -0.25) is 5.10 Å². The van der Waals surface area contributed by atoms with Gasteiger partial charge in [0.25, 0.3) is 0 Å². The average molecular weight is 247 g/mol. The fraction of sp³-hybridized carbons (Fsp3) is 0.462. The van der Waals surface area contributed by atoms with E-state index in [-0.39, 0.29) is 0 Å². The molecule has 2 N–H and O–H groups in total. The SMILES string of the molecule is c1csc(-c2[nH]ncc2CNC2CCCC2)c1. The molecule has 0 bridgehead atoms. The van der Waals surface area contributed by atoms with Crippen LogP contribution in [0.4, 0.5) is 0 Å². The first-order valence-electron chi connectivity index (χ1n) is 6.23. The van der Waals surface area contributed by atoms with Crippen molar-refractivity contribution in [3.05, 3.63) is 29.3 Å². The Balaban J connectivity index is 1.69. The van der Waals surface area contributed by atoms with Gasteiger partial charge in [-0.05, 0) is 24.3 Å². The molecule has 0 radical (unpaired) electrons. The summed E-state index contributed by atoms with van der Waals surface area (Å²) in [6.07, 6.45) is 7.34. The number of aromatic amines is 1. The molecule has 2 heterocycles. The predicted molar refractivity (Wildman–Crippen MR) is 71.0 cm³/mol. The molecule has 1 saturated carbocycles. The van der Waals surface area contributed by atoms with Crippen molar-refractivity contribution in [2.75, 3.05) is 0 Å². The molecule has 3 rings (SSSR count). The minimum absolute atomic E-state index is 0.709. The fourth-order valence-electron chi connectivity index (χ4n) is 2.46. The molecule has 1 fully saturated rings. The lowest BCUT2D eigenvalue weighted by molar-refractivity contribution is 0.525. The molecule has 2 aromatic rings. The smallest absolute Gasteiger partial charge is 0.0794 e. The number of thiophene rings is 1. The molecule has 0 saturated heterocycles. The maximum Gasteiger partial charge on any atom is 0.0794 e. The van der Waals surface area contributed by atoms with Crippen molar-refractivity contribution in [1.82, 2.24) is 15.5 Å². The molecule has 1 aliphatic carbocycles. The van der Waals surface area contributed by atoms with Crippen molar-refractivity contribution < 1.29 is 0 Å². The molecule has 0 aliphatic heterocycles. The van der Waals surface area contributed by atoms with E-state index in [2.05, 4.69) is 33.0 Å². The van der Waals surface area contributed by atoms with Gasteiger partial charge in [0.05, 0.1) is 16.8 Å². The number of hydrogen-bond donors (Lipinski definition) is 2. The third kappa shape index (κ3) is 2.42. The molecule has 90 valence electrons. The first-order chi connectivity index (χ1) is 8.43. The van der Waals surface area contributed by atoms with Gasteiger partial charge in [-0.1, -0.05) is 18.9 Å². The second-order valence-electron chi connectivity index (χ2n) is 4.61. The van der Waals surface area contributed by atoms with E-state index >= 15 is 0 Å². The van der Waals surface area contributed by atoms with Gasteiger partial charge in [-0.15, -0.1) is 11.3 Å². The summed E-state index contributed by atoms with van der Waals surface area (Å²) in [4.78, 5) is 1.27. The van der Waals surface area contributed by atoms with Crippen LogP contribution in [0.2, 0.25) is 0 Å². The van der Waals surface area contributed by atoms with Gasteiger partial charge in [0.2, 0.25) is 0 Å². The van der Waals surface area contributed by atoms with Gasteiger partial charge in [0.15, 0.2) is 0 Å². The van der Waals surface area contributed by atoms with Crippen LogP contribution in [-0.2, 0) is 6.54 Å². The second kappa shape index (κ2) is 5.02. The van der Waals surface area contributed by atoms with Crippen molar-refractivity contribution in [1.29, 1.82) is 0 Å². The standard InChI is InChI=1S/C13H17N3S/c1-2-5-11(4-1)14-8-10-9-15-16-13(10)12-6-3-7-17-12/h3,6-7,9,11,14H,1-2,4-5,8H2,(H,15,16). The quantitative estimate of drug-likeness (QED) is 0.871. The highest BCUT2D eigenvalue weighted by molar-refractivity contribution is 7.13. The Morgan fingerprint density at radius 2 is 2.29 bits per heavy atom. The molecule has 0 atom stereocenters. The number of hydrogen-bond acceptors (Lipinski definition) is 3. The lowest BCUT2D eigenvalue weighted by atomic mass is 10.2. The van der Waals surface area contributed by atoms with Crippen molar-refractivity contribution in [3.63, 3.8) is 0 Å². The van der Waals surface area contributed by atoms with Crippen LogP contribution in [0.25, 0.3) is 10.6 Å². The van der Waals surface area contributed by atoms with Gasteiger partial charge < -0.3 is 5.32 Å². The van der Waals surface area contributed by atoms with E-state index < -0.39 is 0 Å². The number of H-pyrrole nitrogens is 1. The third-order valence-corrected chi connectivity index (χ3v) is 4.31. The van der Waals surface area contributed by atoms with Crippen molar-refractivity contribution in [2.24, 2.45) is 0 Å². The van der Waals surface area contributed by atoms with E-state index in [4.69, 9.17) is 0 Å². The summed E-state index contributed by atoms with van der Waals surface area (Å²) < 4.78 is 0. The van der Waals surface area contributed by atoms with Crippen molar-refractivity contribution >= 4 is 11.3 Å². The maximum absolute atomic E-state index is 4.16. The van der Waals surface area contributed by atoms with E-state index in [9.17, 15) is 0 Å². The van der Waals surface area contributed by atoms with E-state index in [0.717, 1.165) is 6.54 Å². The van der Waals surface area contributed by atoms with Crippen LogP contribution in [0.15, 0.2) is 23.7 Å². The lowest BCUT2D eigenvalue weighted by Crippen LogP contribution is -2.25. The Bertz CT molecular complexity index is 455. The van der Waals surface area contributed by atoms with Crippen LogP contribution in [0.3, 0.4) is 0 Å². The third-order valence-electron chi connectivity index (χ3n) is 3.42. The summed E-state index contributed by atoms with van der Waals surface area (Å²) in [5.74, 6) is 0. The largest absolute Gasteiger partial charge is 0.310 e. The number of rotatable bonds is 4. The molecule has 3 nitrogen and oxygen atoms in total. The van der Waals surface area contributed by atoms with Crippen LogP contribution in [0.5, 0.6) is 0 Å². The minimum atomic E-state index is 0.709. The Hall–Kier alpha value is -1.13. The Morgan fingerprint density at radius 1 is 1.41 bits per heavy atom. The Kier molecular flexibility index (Phi) is 3.25. The summed E-state index contributed by atoms with van der Waals surface area (Å²) in [5, 5.41) is 13.0. The number of nitrogens with one attached hydrogen (secondary N) is 2. The lowest BCUT2D eigenvalue weighted by Gasteiger charge is -2.11. The topological polar surface area (TPSA) is 40.7 Å².